The van der Waals surface area contributed by atoms with Gasteiger partial charge in [0.25, 0.3) is 0 Å². The van der Waals surface area contributed by atoms with E-state index < -0.39 is 10.0 Å². The van der Waals surface area contributed by atoms with Crippen LogP contribution in [0.4, 0.5) is 5.13 Å². The standard InChI is InChI=1S/C17H20ClN3O4S2/c1-25-15-6-5-11(8-13(15)18)14-10-26-17(19-14)20-16(22)12-4-3-7-21(9-12)27(2,23)24/h5-6,8,10,12H,3-4,7,9H2,1-2H3,(H,19,20,22). The molecule has 27 heavy (non-hydrogen) atoms. The molecule has 2 heterocycles. The lowest BCUT2D eigenvalue weighted by Crippen LogP contribution is -2.43. The van der Waals surface area contributed by atoms with Crippen LogP contribution >= 0.6 is 22.9 Å². The molecule has 1 aromatic carbocycles. The number of hydrogen-bond donors (Lipinski definition) is 1. The highest BCUT2D eigenvalue weighted by Gasteiger charge is 2.30. The van der Waals surface area contributed by atoms with Gasteiger partial charge in [0.1, 0.15) is 5.75 Å². The molecular weight excluding hydrogens is 410 g/mol. The minimum atomic E-state index is -3.29. The van der Waals surface area contributed by atoms with Crippen LogP contribution in [-0.4, -0.2) is 50.1 Å². The van der Waals surface area contributed by atoms with Crippen LogP contribution in [0, 0.1) is 5.92 Å². The van der Waals surface area contributed by atoms with Crippen molar-refractivity contribution in [3.8, 4) is 17.0 Å². The second kappa shape index (κ2) is 8.14. The first-order valence-electron chi connectivity index (χ1n) is 8.33. The Kier molecular flexibility index (Phi) is 6.05. The summed E-state index contributed by atoms with van der Waals surface area (Å²) in [5.74, 6) is -0.00910. The number of rotatable bonds is 5. The number of sulfonamides is 1. The molecule has 1 fully saturated rings. The van der Waals surface area contributed by atoms with Gasteiger partial charge in [-0.05, 0) is 31.0 Å². The summed E-state index contributed by atoms with van der Waals surface area (Å²) in [5, 5.41) is 5.58. The first kappa shape index (κ1) is 20.1. The van der Waals surface area contributed by atoms with Crippen molar-refractivity contribution in [2.24, 2.45) is 5.92 Å². The maximum absolute atomic E-state index is 12.5. The number of nitrogens with one attached hydrogen (secondary N) is 1. The Morgan fingerprint density at radius 3 is 2.89 bits per heavy atom. The predicted octanol–water partition coefficient (Wildman–Crippen LogP) is 3.08. The molecule has 1 aromatic heterocycles. The van der Waals surface area contributed by atoms with Crippen molar-refractivity contribution >= 4 is 44.0 Å². The van der Waals surface area contributed by atoms with Crippen molar-refractivity contribution in [1.29, 1.82) is 0 Å². The third-order valence-corrected chi connectivity index (χ3v) is 6.73. The lowest BCUT2D eigenvalue weighted by molar-refractivity contribution is -0.120. The molecular formula is C17H20ClN3O4S2. The largest absolute Gasteiger partial charge is 0.495 e. The molecule has 0 bridgehead atoms. The number of hydrogen-bond acceptors (Lipinski definition) is 6. The Hall–Kier alpha value is -1.68. The van der Waals surface area contributed by atoms with E-state index in [-0.39, 0.29) is 18.4 Å². The molecule has 2 aromatic rings. The van der Waals surface area contributed by atoms with Gasteiger partial charge in [-0.2, -0.15) is 0 Å². The molecule has 0 saturated carbocycles. The van der Waals surface area contributed by atoms with Crippen molar-refractivity contribution in [2.45, 2.75) is 12.8 Å². The van der Waals surface area contributed by atoms with Gasteiger partial charge < -0.3 is 10.1 Å². The van der Waals surface area contributed by atoms with E-state index >= 15 is 0 Å². The van der Waals surface area contributed by atoms with Crippen LogP contribution in [0.2, 0.25) is 5.02 Å². The topological polar surface area (TPSA) is 88.6 Å². The van der Waals surface area contributed by atoms with E-state index in [1.807, 2.05) is 11.4 Å². The van der Waals surface area contributed by atoms with Gasteiger partial charge in [0, 0.05) is 24.0 Å². The molecule has 1 unspecified atom stereocenters. The molecule has 0 spiro atoms. The van der Waals surface area contributed by atoms with Crippen LogP contribution in [0.1, 0.15) is 12.8 Å². The number of anilines is 1. The number of benzene rings is 1. The van der Waals surface area contributed by atoms with Gasteiger partial charge in [-0.1, -0.05) is 11.6 Å². The molecule has 1 saturated heterocycles. The average Bonchev–Trinajstić information content (AvgIpc) is 3.09. The minimum Gasteiger partial charge on any atom is -0.495 e. The zero-order valence-corrected chi connectivity index (χ0v) is 17.3. The zero-order chi connectivity index (χ0) is 19.6. The zero-order valence-electron chi connectivity index (χ0n) is 14.9. The molecule has 0 radical (unpaired) electrons. The van der Waals surface area contributed by atoms with Gasteiger partial charge in [0.05, 0.1) is 30.0 Å². The van der Waals surface area contributed by atoms with E-state index in [2.05, 4.69) is 10.3 Å². The number of carbonyl (C=O) groups excluding carboxylic acids is 1. The summed E-state index contributed by atoms with van der Waals surface area (Å²) in [6.07, 6.45) is 2.49. The second-order valence-electron chi connectivity index (χ2n) is 6.34. The van der Waals surface area contributed by atoms with Crippen LogP contribution in [0.15, 0.2) is 23.6 Å². The van der Waals surface area contributed by atoms with Crippen LogP contribution in [0.25, 0.3) is 11.3 Å². The number of thiazole rings is 1. The molecule has 1 N–H and O–H groups in total. The summed E-state index contributed by atoms with van der Waals surface area (Å²) in [5.41, 5.74) is 1.51. The van der Waals surface area contributed by atoms with Crippen LogP contribution in [0.3, 0.4) is 0 Å². The fourth-order valence-electron chi connectivity index (χ4n) is 2.95. The molecule has 3 rings (SSSR count). The van der Waals surface area contributed by atoms with Gasteiger partial charge in [-0.3, -0.25) is 4.79 Å². The Balaban J connectivity index is 1.68. The summed E-state index contributed by atoms with van der Waals surface area (Å²) in [6.45, 7) is 0.666. The van der Waals surface area contributed by atoms with E-state index in [1.165, 1.54) is 21.9 Å². The molecule has 1 aliphatic heterocycles. The summed E-state index contributed by atoms with van der Waals surface area (Å²) in [6, 6.07) is 5.36. The summed E-state index contributed by atoms with van der Waals surface area (Å²) in [7, 11) is -1.74. The van der Waals surface area contributed by atoms with E-state index in [1.54, 1.807) is 19.2 Å². The minimum absolute atomic E-state index is 0.205. The highest BCUT2D eigenvalue weighted by molar-refractivity contribution is 7.88. The van der Waals surface area contributed by atoms with Crippen molar-refractivity contribution in [2.75, 3.05) is 31.8 Å². The number of aromatic nitrogens is 1. The Labute approximate surface area is 167 Å². The molecule has 0 aliphatic carbocycles. The number of ether oxygens (including phenoxy) is 1. The maximum Gasteiger partial charge on any atom is 0.230 e. The number of nitrogens with zero attached hydrogens (tertiary/aromatic N) is 2. The van der Waals surface area contributed by atoms with Crippen molar-refractivity contribution < 1.29 is 17.9 Å². The predicted molar refractivity (Wildman–Crippen MR) is 107 cm³/mol. The monoisotopic (exact) mass is 429 g/mol. The molecule has 10 heteroatoms. The summed E-state index contributed by atoms with van der Waals surface area (Å²) < 4.78 is 29.9. The molecule has 7 nitrogen and oxygen atoms in total. The quantitative estimate of drug-likeness (QED) is 0.788. The van der Waals surface area contributed by atoms with E-state index in [0.717, 1.165) is 5.56 Å². The first-order valence-corrected chi connectivity index (χ1v) is 11.4. The van der Waals surface area contributed by atoms with Gasteiger partial charge >= 0.3 is 0 Å². The summed E-state index contributed by atoms with van der Waals surface area (Å²) in [4.78, 5) is 17.0. The summed E-state index contributed by atoms with van der Waals surface area (Å²) >= 11 is 7.46. The van der Waals surface area contributed by atoms with E-state index in [4.69, 9.17) is 16.3 Å². The highest BCUT2D eigenvalue weighted by Crippen LogP contribution is 2.32. The number of halogens is 1. The fourth-order valence-corrected chi connectivity index (χ4v) is 4.85. The number of amides is 1. The van der Waals surface area contributed by atoms with Crippen molar-refractivity contribution in [3.63, 3.8) is 0 Å². The van der Waals surface area contributed by atoms with E-state index in [9.17, 15) is 13.2 Å². The van der Waals surface area contributed by atoms with Crippen LogP contribution in [0.5, 0.6) is 5.75 Å². The maximum atomic E-state index is 12.5. The SMILES string of the molecule is COc1ccc(-c2csc(NC(=O)C3CCCN(S(C)(=O)=O)C3)n2)cc1Cl. The third-order valence-electron chi connectivity index (χ3n) is 4.41. The van der Waals surface area contributed by atoms with Crippen molar-refractivity contribution in [3.05, 3.63) is 28.6 Å². The highest BCUT2D eigenvalue weighted by atomic mass is 35.5. The van der Waals surface area contributed by atoms with Gasteiger partial charge in [0.15, 0.2) is 5.13 Å². The lowest BCUT2D eigenvalue weighted by atomic mass is 9.99. The number of piperidine rings is 1. The lowest BCUT2D eigenvalue weighted by Gasteiger charge is -2.29. The van der Waals surface area contributed by atoms with Gasteiger partial charge in [0.2, 0.25) is 15.9 Å². The molecule has 1 aliphatic rings. The van der Waals surface area contributed by atoms with Crippen LogP contribution < -0.4 is 10.1 Å². The Bertz CT molecular complexity index is 945. The van der Waals surface area contributed by atoms with Gasteiger partial charge in [-0.15, -0.1) is 11.3 Å². The molecule has 146 valence electrons. The Morgan fingerprint density at radius 2 is 2.22 bits per heavy atom. The molecule has 1 amide bonds. The smallest absolute Gasteiger partial charge is 0.230 e. The third kappa shape index (κ3) is 4.78. The number of methoxy groups -OCH3 is 1. The average molecular weight is 430 g/mol. The Morgan fingerprint density at radius 1 is 1.44 bits per heavy atom. The molecule has 1 atom stereocenters. The first-order chi connectivity index (χ1) is 12.8. The van der Waals surface area contributed by atoms with Gasteiger partial charge in [-0.25, -0.2) is 17.7 Å². The van der Waals surface area contributed by atoms with E-state index in [0.29, 0.717) is 41.0 Å². The van der Waals surface area contributed by atoms with Crippen LogP contribution in [-0.2, 0) is 14.8 Å². The van der Waals surface area contributed by atoms with Crippen molar-refractivity contribution in [1.82, 2.24) is 9.29 Å². The fraction of sp³-hybridized carbons (Fsp3) is 0.412. The number of carbonyl (C=O) groups is 1. The second-order valence-corrected chi connectivity index (χ2v) is 9.58. The normalized spacial score (nSPS) is 18.3.